The average molecular weight is 488 g/mol. The monoisotopic (exact) mass is 487 g/mol. The maximum Gasteiger partial charge on any atom is 0.247 e. The van der Waals surface area contributed by atoms with Crippen molar-refractivity contribution in [1.29, 1.82) is 0 Å². The molecule has 1 fully saturated rings. The number of ether oxygens (including phenoxy) is 2. The van der Waals surface area contributed by atoms with Gasteiger partial charge >= 0.3 is 0 Å². The molecule has 1 amide bonds. The molecule has 10 heteroatoms. The second-order valence-corrected chi connectivity index (χ2v) is 8.23. The third-order valence-corrected chi connectivity index (χ3v) is 5.92. The highest BCUT2D eigenvalue weighted by atomic mass is 35.5. The minimum atomic E-state index is -0.341. The minimum Gasteiger partial charge on any atom is -0.491 e. The molecule has 180 valence electrons. The normalized spacial score (nSPS) is 15.5. The van der Waals surface area contributed by atoms with Crippen molar-refractivity contribution in [2.75, 3.05) is 49.3 Å². The second kappa shape index (κ2) is 11.3. The van der Waals surface area contributed by atoms with Crippen molar-refractivity contribution in [1.82, 2.24) is 9.91 Å². The molecule has 8 nitrogen and oxygen atoms in total. The van der Waals surface area contributed by atoms with E-state index in [1.165, 1.54) is 22.7 Å². The molecule has 2 aromatic carbocycles. The number of hydrazine groups is 1. The molecule has 4 rings (SSSR count). The van der Waals surface area contributed by atoms with Gasteiger partial charge in [0.05, 0.1) is 43.4 Å². The van der Waals surface area contributed by atoms with Crippen LogP contribution in [0, 0.1) is 5.82 Å². The zero-order valence-corrected chi connectivity index (χ0v) is 19.5. The van der Waals surface area contributed by atoms with Gasteiger partial charge < -0.3 is 14.8 Å². The summed E-state index contributed by atoms with van der Waals surface area (Å²) in [5.41, 5.74) is 2.70. The molecule has 2 aliphatic rings. The van der Waals surface area contributed by atoms with Crippen molar-refractivity contribution in [3.8, 4) is 5.75 Å². The number of hydrogen-bond acceptors (Lipinski definition) is 7. The van der Waals surface area contributed by atoms with Crippen molar-refractivity contribution in [2.45, 2.75) is 13.0 Å². The van der Waals surface area contributed by atoms with E-state index in [2.05, 4.69) is 21.8 Å². The molecule has 34 heavy (non-hydrogen) atoms. The molecule has 2 aromatic rings. The van der Waals surface area contributed by atoms with Crippen LogP contribution in [0.3, 0.4) is 0 Å². The lowest BCUT2D eigenvalue weighted by Crippen LogP contribution is -2.37. The Balaban J connectivity index is 1.46. The molecule has 2 heterocycles. The number of nitrogens with one attached hydrogen (secondary N) is 1. The summed E-state index contributed by atoms with van der Waals surface area (Å²) in [5, 5.41) is 4.49. The highest BCUT2D eigenvalue weighted by molar-refractivity contribution is 6.25. The third-order valence-electron chi connectivity index (χ3n) is 5.53. The number of carbonyl (C=O) groups is 1. The SMILES string of the molecule is C=CC(=O)Nc1cc2c(cc1OCCCN1CCOCC1)N=CN(N(Cl)c1ccc(F)cc1)C2. The van der Waals surface area contributed by atoms with Crippen LogP contribution in [0.15, 0.2) is 54.0 Å². The van der Waals surface area contributed by atoms with Gasteiger partial charge in [0, 0.05) is 43.0 Å². The van der Waals surface area contributed by atoms with Crippen LogP contribution < -0.4 is 14.6 Å². The Morgan fingerprint density at radius 2 is 2.06 bits per heavy atom. The predicted molar refractivity (Wildman–Crippen MR) is 131 cm³/mol. The van der Waals surface area contributed by atoms with E-state index in [4.69, 9.17) is 21.3 Å². The van der Waals surface area contributed by atoms with Gasteiger partial charge in [-0.3, -0.25) is 14.7 Å². The Hall–Kier alpha value is -3.14. The summed E-state index contributed by atoms with van der Waals surface area (Å²) in [6.45, 7) is 8.73. The van der Waals surface area contributed by atoms with Crippen LogP contribution in [0.5, 0.6) is 5.75 Å². The van der Waals surface area contributed by atoms with Gasteiger partial charge in [-0.15, -0.1) is 0 Å². The van der Waals surface area contributed by atoms with E-state index < -0.39 is 0 Å². The van der Waals surface area contributed by atoms with Crippen LogP contribution in [0.1, 0.15) is 12.0 Å². The fourth-order valence-corrected chi connectivity index (χ4v) is 3.93. The number of halogens is 2. The van der Waals surface area contributed by atoms with Crippen LogP contribution in [0.25, 0.3) is 0 Å². The summed E-state index contributed by atoms with van der Waals surface area (Å²) >= 11 is 6.46. The largest absolute Gasteiger partial charge is 0.491 e. The van der Waals surface area contributed by atoms with Gasteiger partial charge in [-0.1, -0.05) is 6.58 Å². The van der Waals surface area contributed by atoms with Gasteiger partial charge in [0.25, 0.3) is 0 Å². The summed E-state index contributed by atoms with van der Waals surface area (Å²) < 4.78 is 26.0. The molecule has 0 radical (unpaired) electrons. The number of fused-ring (bicyclic) bond motifs is 1. The number of hydrogen-bond donors (Lipinski definition) is 1. The second-order valence-electron chi connectivity index (χ2n) is 7.91. The maximum absolute atomic E-state index is 13.2. The van der Waals surface area contributed by atoms with Gasteiger partial charge in [-0.2, -0.15) is 4.53 Å². The maximum atomic E-state index is 13.2. The van der Waals surface area contributed by atoms with E-state index in [0.29, 0.717) is 30.3 Å². The Bertz CT molecular complexity index is 1040. The fraction of sp³-hybridized carbons (Fsp3) is 0.333. The number of nitrogens with zero attached hydrogens (tertiary/aromatic N) is 4. The summed E-state index contributed by atoms with van der Waals surface area (Å²) in [7, 11) is 0. The Kier molecular flexibility index (Phi) is 7.99. The molecule has 0 saturated carbocycles. The van der Waals surface area contributed by atoms with E-state index in [1.54, 1.807) is 23.5 Å². The molecular formula is C24H27ClFN5O3. The van der Waals surface area contributed by atoms with Crippen molar-refractivity contribution >= 4 is 41.1 Å². The van der Waals surface area contributed by atoms with E-state index in [1.807, 2.05) is 12.1 Å². The van der Waals surface area contributed by atoms with Gasteiger partial charge in [0.2, 0.25) is 5.91 Å². The van der Waals surface area contributed by atoms with Crippen LogP contribution >= 0.6 is 11.8 Å². The lowest BCUT2D eigenvalue weighted by molar-refractivity contribution is -0.111. The summed E-state index contributed by atoms with van der Waals surface area (Å²) in [6, 6.07) is 9.47. The lowest BCUT2D eigenvalue weighted by atomic mass is 10.1. The highest BCUT2D eigenvalue weighted by Crippen LogP contribution is 2.36. The first-order valence-electron chi connectivity index (χ1n) is 11.1. The molecule has 0 bridgehead atoms. The molecule has 1 saturated heterocycles. The van der Waals surface area contributed by atoms with E-state index in [9.17, 15) is 9.18 Å². The topological polar surface area (TPSA) is 69.6 Å². The molecule has 1 N–H and O–H groups in total. The zero-order valence-electron chi connectivity index (χ0n) is 18.8. The third kappa shape index (κ3) is 6.05. The Labute approximate surface area is 203 Å². The highest BCUT2D eigenvalue weighted by Gasteiger charge is 2.21. The lowest BCUT2D eigenvalue weighted by Gasteiger charge is -2.31. The molecule has 0 aromatic heterocycles. The molecule has 0 atom stereocenters. The number of amides is 1. The zero-order chi connectivity index (χ0) is 23.9. The van der Waals surface area contributed by atoms with Gasteiger partial charge in [0.15, 0.2) is 0 Å². The van der Waals surface area contributed by atoms with E-state index >= 15 is 0 Å². The molecule has 0 unspecified atom stereocenters. The van der Waals surface area contributed by atoms with Crippen LogP contribution in [-0.2, 0) is 16.1 Å². The Morgan fingerprint density at radius 3 is 2.79 bits per heavy atom. The van der Waals surface area contributed by atoms with Crippen LogP contribution in [0.2, 0.25) is 0 Å². The number of benzene rings is 2. The average Bonchev–Trinajstić information content (AvgIpc) is 2.87. The van der Waals surface area contributed by atoms with E-state index in [-0.39, 0.29) is 11.7 Å². The minimum absolute atomic E-state index is 0.334. The molecule has 0 aliphatic carbocycles. The number of carbonyl (C=O) groups excluding carboxylic acids is 1. The number of anilines is 2. The standard InChI is InChI=1S/C24H27ClFN5O3/c1-2-24(32)28-22-14-18-16-30(31(25)20-6-4-19(26)5-7-20)17-27-21(18)15-23(22)34-11-3-8-29-9-12-33-13-10-29/h2,4-7,14-15,17H,1,3,8-13,16H2,(H,28,32). The smallest absolute Gasteiger partial charge is 0.247 e. The summed E-state index contributed by atoms with van der Waals surface area (Å²) in [4.78, 5) is 18.9. The summed E-state index contributed by atoms with van der Waals surface area (Å²) in [6.07, 6.45) is 3.66. The van der Waals surface area contributed by atoms with E-state index in [0.717, 1.165) is 50.5 Å². The fourth-order valence-electron chi connectivity index (χ4n) is 3.72. The predicted octanol–water partition coefficient (Wildman–Crippen LogP) is 4.10. The summed E-state index contributed by atoms with van der Waals surface area (Å²) in [5.74, 6) is -0.131. The quantitative estimate of drug-likeness (QED) is 0.326. The van der Waals surface area contributed by atoms with Crippen LogP contribution in [-0.4, -0.2) is 61.6 Å². The van der Waals surface area contributed by atoms with Crippen molar-refractivity contribution in [3.63, 3.8) is 0 Å². The van der Waals surface area contributed by atoms with Crippen molar-refractivity contribution < 1.29 is 18.7 Å². The number of aliphatic imine (C=N–C) groups is 1. The van der Waals surface area contributed by atoms with Crippen LogP contribution in [0.4, 0.5) is 21.5 Å². The number of rotatable bonds is 9. The van der Waals surface area contributed by atoms with Gasteiger partial charge in [-0.25, -0.2) is 9.38 Å². The Morgan fingerprint density at radius 1 is 1.29 bits per heavy atom. The number of morpholine rings is 1. The molecule has 2 aliphatic heterocycles. The first-order chi connectivity index (χ1) is 16.5. The first-order valence-corrected chi connectivity index (χ1v) is 11.4. The molecular weight excluding hydrogens is 461 g/mol. The molecule has 0 spiro atoms. The van der Waals surface area contributed by atoms with Crippen molar-refractivity contribution in [3.05, 3.63) is 60.4 Å². The van der Waals surface area contributed by atoms with Gasteiger partial charge in [0.1, 0.15) is 17.9 Å². The van der Waals surface area contributed by atoms with Gasteiger partial charge in [-0.05, 0) is 42.8 Å². The first kappa shape index (κ1) is 24.0. The van der Waals surface area contributed by atoms with Crippen molar-refractivity contribution in [2.24, 2.45) is 4.99 Å².